The number of fused-ring (bicyclic) bond motifs is 2. The maximum atomic E-state index is 13.0. The molecule has 3 aliphatic rings. The summed E-state index contributed by atoms with van der Waals surface area (Å²) in [4.78, 5) is 19.1. The molecule has 4 rings (SSSR count). The maximum Gasteiger partial charge on any atom is 0.274 e. The quantitative estimate of drug-likeness (QED) is 0.873. The zero-order valence-corrected chi connectivity index (χ0v) is 14.6. The summed E-state index contributed by atoms with van der Waals surface area (Å²) in [6, 6.07) is 5.92. The molecule has 0 bridgehead atoms. The summed E-state index contributed by atoms with van der Waals surface area (Å²) in [6.45, 7) is 4.99. The highest BCUT2D eigenvalue weighted by molar-refractivity contribution is 6.02. The molecule has 1 saturated carbocycles. The fourth-order valence-corrected chi connectivity index (χ4v) is 4.25. The number of hydrogen-bond donors (Lipinski definition) is 2. The second-order valence-electron chi connectivity index (χ2n) is 7.28. The number of amidine groups is 1. The summed E-state index contributed by atoms with van der Waals surface area (Å²) in [5.41, 5.74) is 1.27. The number of carbonyl (C=O) groups is 1. The van der Waals surface area contributed by atoms with Crippen LogP contribution in [-0.2, 0) is 11.3 Å². The van der Waals surface area contributed by atoms with Gasteiger partial charge >= 0.3 is 0 Å². The van der Waals surface area contributed by atoms with Gasteiger partial charge in [-0.15, -0.1) is 0 Å². The monoisotopic (exact) mass is 355 g/mol. The Kier molecular flexibility index (Phi) is 4.05. The van der Waals surface area contributed by atoms with Crippen LogP contribution < -0.4 is 5.32 Å². The minimum Gasteiger partial charge on any atom is -0.504 e. The van der Waals surface area contributed by atoms with Crippen LogP contribution >= 0.6 is 0 Å². The van der Waals surface area contributed by atoms with E-state index in [1.165, 1.54) is 25.0 Å². The number of nitrogens with one attached hydrogen (secondary N) is 1. The van der Waals surface area contributed by atoms with Gasteiger partial charge in [-0.2, -0.15) is 0 Å². The number of hydrogen-bond acceptors (Lipinski definition) is 4. The van der Waals surface area contributed by atoms with Gasteiger partial charge in [0.1, 0.15) is 11.7 Å². The van der Waals surface area contributed by atoms with Gasteiger partial charge in [0.25, 0.3) is 5.91 Å². The van der Waals surface area contributed by atoms with Crippen molar-refractivity contribution < 1.29 is 14.3 Å². The Bertz CT molecular complexity index is 820. The van der Waals surface area contributed by atoms with Gasteiger partial charge in [-0.1, -0.05) is 31.6 Å². The average molecular weight is 355 g/mol. The number of amides is 1. The van der Waals surface area contributed by atoms with E-state index in [4.69, 9.17) is 0 Å². The molecule has 2 fully saturated rings. The number of benzene rings is 1. The van der Waals surface area contributed by atoms with Crippen LogP contribution in [-0.4, -0.2) is 28.3 Å². The van der Waals surface area contributed by atoms with Gasteiger partial charge in [-0.3, -0.25) is 4.79 Å². The summed E-state index contributed by atoms with van der Waals surface area (Å²) in [5.74, 6) is -0.0519. The molecule has 5 nitrogen and oxygen atoms in total. The second kappa shape index (κ2) is 6.27. The van der Waals surface area contributed by atoms with E-state index in [0.717, 1.165) is 37.2 Å². The highest BCUT2D eigenvalue weighted by Gasteiger charge is 2.49. The number of rotatable bonds is 3. The minimum atomic E-state index is -0.444. The first kappa shape index (κ1) is 16.8. The molecule has 136 valence electrons. The standard InChI is InChI=1S/C20H22FN3O2/c1-13-17(25)16(18(26)22-12-14-4-6-15(21)7-5-14)23-19-20(8-2-3-9-20)10-11-24(13)19/h4-7,25H,1-3,8-12H2,(H,22,26). The average Bonchev–Trinajstić information content (AvgIpc) is 3.26. The SMILES string of the molecule is C=C1C(O)=C(C(=O)NCc2ccc(F)cc2)N=C2N1CCC21CCCC1. The van der Waals surface area contributed by atoms with Crippen molar-refractivity contribution in [3.8, 4) is 0 Å². The first-order valence-electron chi connectivity index (χ1n) is 9.02. The van der Waals surface area contributed by atoms with E-state index < -0.39 is 5.91 Å². The Morgan fingerprint density at radius 1 is 1.27 bits per heavy atom. The molecule has 1 amide bonds. The number of aliphatic hydroxyl groups is 1. The van der Waals surface area contributed by atoms with Crippen LogP contribution in [0.3, 0.4) is 0 Å². The Morgan fingerprint density at radius 3 is 2.65 bits per heavy atom. The van der Waals surface area contributed by atoms with Crippen LogP contribution in [0.2, 0.25) is 0 Å². The van der Waals surface area contributed by atoms with E-state index in [1.54, 1.807) is 12.1 Å². The first-order valence-corrected chi connectivity index (χ1v) is 9.02. The fourth-order valence-electron chi connectivity index (χ4n) is 4.25. The predicted octanol–water partition coefficient (Wildman–Crippen LogP) is 3.40. The smallest absolute Gasteiger partial charge is 0.274 e. The van der Waals surface area contributed by atoms with Gasteiger partial charge in [-0.05, 0) is 37.0 Å². The van der Waals surface area contributed by atoms with E-state index in [-0.39, 0.29) is 29.2 Å². The molecule has 0 atom stereocenters. The first-order chi connectivity index (χ1) is 12.5. The molecule has 2 N–H and O–H groups in total. The zero-order chi connectivity index (χ0) is 18.3. The normalized spacial score (nSPS) is 21.2. The molecule has 2 heterocycles. The number of aliphatic hydroxyl groups excluding tert-OH is 1. The number of aliphatic imine (C=N–C) groups is 1. The van der Waals surface area contributed by atoms with Crippen LogP contribution in [0.1, 0.15) is 37.7 Å². The van der Waals surface area contributed by atoms with E-state index in [1.807, 2.05) is 4.90 Å². The molecular formula is C20H22FN3O2. The van der Waals surface area contributed by atoms with E-state index in [0.29, 0.717) is 5.70 Å². The Balaban J connectivity index is 1.56. The third kappa shape index (κ3) is 2.69. The van der Waals surface area contributed by atoms with E-state index in [2.05, 4.69) is 16.9 Å². The van der Waals surface area contributed by atoms with Crippen LogP contribution in [0.5, 0.6) is 0 Å². The van der Waals surface area contributed by atoms with Crippen molar-refractivity contribution in [2.75, 3.05) is 6.54 Å². The molecule has 1 aromatic rings. The molecule has 1 aromatic carbocycles. The number of halogens is 1. The molecule has 2 aliphatic heterocycles. The van der Waals surface area contributed by atoms with Crippen molar-refractivity contribution in [1.29, 1.82) is 0 Å². The molecule has 1 spiro atoms. The van der Waals surface area contributed by atoms with Gasteiger partial charge in [0.15, 0.2) is 11.5 Å². The number of nitrogens with zero attached hydrogens (tertiary/aromatic N) is 2. The molecular weight excluding hydrogens is 333 g/mol. The summed E-state index contributed by atoms with van der Waals surface area (Å²) >= 11 is 0. The van der Waals surface area contributed by atoms with Crippen LogP contribution in [0.4, 0.5) is 4.39 Å². The molecule has 0 unspecified atom stereocenters. The maximum absolute atomic E-state index is 13.0. The van der Waals surface area contributed by atoms with Gasteiger partial charge in [-0.25, -0.2) is 9.38 Å². The molecule has 26 heavy (non-hydrogen) atoms. The molecule has 1 saturated heterocycles. The van der Waals surface area contributed by atoms with E-state index in [9.17, 15) is 14.3 Å². The topological polar surface area (TPSA) is 64.9 Å². The highest BCUT2D eigenvalue weighted by atomic mass is 19.1. The highest BCUT2D eigenvalue weighted by Crippen LogP contribution is 2.49. The van der Waals surface area contributed by atoms with Crippen LogP contribution in [0.25, 0.3) is 0 Å². The Morgan fingerprint density at radius 2 is 1.96 bits per heavy atom. The van der Waals surface area contributed by atoms with Crippen molar-refractivity contribution in [3.05, 3.63) is 59.4 Å². The van der Waals surface area contributed by atoms with Gasteiger partial charge in [0.05, 0.1) is 5.70 Å². The summed E-state index contributed by atoms with van der Waals surface area (Å²) in [5, 5.41) is 13.2. The lowest BCUT2D eigenvalue weighted by molar-refractivity contribution is -0.117. The third-order valence-electron chi connectivity index (χ3n) is 5.73. The second-order valence-corrected chi connectivity index (χ2v) is 7.28. The summed E-state index contributed by atoms with van der Waals surface area (Å²) in [6.07, 6.45) is 5.46. The van der Waals surface area contributed by atoms with Crippen molar-refractivity contribution in [3.63, 3.8) is 0 Å². The Labute approximate surface area is 151 Å². The molecule has 0 radical (unpaired) electrons. The third-order valence-corrected chi connectivity index (χ3v) is 5.73. The lowest BCUT2D eigenvalue weighted by atomic mass is 9.84. The van der Waals surface area contributed by atoms with Gasteiger partial charge in [0, 0.05) is 18.5 Å². The van der Waals surface area contributed by atoms with Gasteiger partial charge < -0.3 is 15.3 Å². The summed E-state index contributed by atoms with van der Waals surface area (Å²) < 4.78 is 13.0. The van der Waals surface area contributed by atoms with Crippen molar-refractivity contribution in [1.82, 2.24) is 10.2 Å². The Hall–Kier alpha value is -2.63. The predicted molar refractivity (Wildman–Crippen MR) is 96.7 cm³/mol. The van der Waals surface area contributed by atoms with Crippen molar-refractivity contribution >= 4 is 11.7 Å². The molecule has 6 heteroatoms. The largest absolute Gasteiger partial charge is 0.504 e. The minimum absolute atomic E-state index is 0.0200. The lowest BCUT2D eigenvalue weighted by Gasteiger charge is -2.31. The van der Waals surface area contributed by atoms with Gasteiger partial charge in [0.2, 0.25) is 0 Å². The zero-order valence-electron chi connectivity index (χ0n) is 14.6. The molecule has 1 aliphatic carbocycles. The van der Waals surface area contributed by atoms with E-state index >= 15 is 0 Å². The van der Waals surface area contributed by atoms with Crippen LogP contribution in [0, 0.1) is 11.2 Å². The van der Waals surface area contributed by atoms with Crippen molar-refractivity contribution in [2.24, 2.45) is 10.4 Å². The summed E-state index contributed by atoms with van der Waals surface area (Å²) in [7, 11) is 0. The van der Waals surface area contributed by atoms with Crippen molar-refractivity contribution in [2.45, 2.75) is 38.6 Å². The lowest BCUT2D eigenvalue weighted by Crippen LogP contribution is -2.38. The fraction of sp³-hybridized carbons (Fsp3) is 0.400. The number of carbonyl (C=O) groups excluding carboxylic acids is 1. The molecule has 0 aromatic heterocycles. The van der Waals surface area contributed by atoms with Crippen LogP contribution in [0.15, 0.2) is 53.0 Å².